The summed E-state index contributed by atoms with van der Waals surface area (Å²) in [5.74, 6) is 1.76. The van der Waals surface area contributed by atoms with Gasteiger partial charge in [0.2, 0.25) is 0 Å². The van der Waals surface area contributed by atoms with Crippen molar-refractivity contribution in [1.82, 2.24) is 10.2 Å². The van der Waals surface area contributed by atoms with Crippen LogP contribution in [-0.2, 0) is 6.54 Å². The number of halogens is 4. The van der Waals surface area contributed by atoms with Gasteiger partial charge in [0.05, 0.1) is 11.6 Å². The van der Waals surface area contributed by atoms with Crippen molar-refractivity contribution in [2.45, 2.75) is 32.4 Å². The molecule has 3 rings (SSSR count). The van der Waals surface area contributed by atoms with Gasteiger partial charge >= 0.3 is 0 Å². The Morgan fingerprint density at radius 1 is 1.28 bits per heavy atom. The molecule has 1 saturated heterocycles. The van der Waals surface area contributed by atoms with Crippen LogP contribution in [0.1, 0.15) is 25.5 Å². The van der Waals surface area contributed by atoms with E-state index in [1.54, 1.807) is 0 Å². The Morgan fingerprint density at radius 2 is 2.08 bits per heavy atom. The molecule has 0 saturated carbocycles. The number of nitrogens with one attached hydrogen (secondary N) is 1. The Balaban J connectivity index is 0.00000156. The van der Waals surface area contributed by atoms with Gasteiger partial charge in [0.1, 0.15) is 11.5 Å². The summed E-state index contributed by atoms with van der Waals surface area (Å²) in [4.78, 5) is 2.54. The third kappa shape index (κ3) is 5.88. The SMILES string of the molecule is CCN1CCCC1CNCc1ccc(-c2ccc(Br)cc2Cl)o1.Cl.Cl. The Hall–Kier alpha value is -0.230. The van der Waals surface area contributed by atoms with Crippen molar-refractivity contribution in [3.05, 3.63) is 45.6 Å². The zero-order valence-electron chi connectivity index (χ0n) is 14.1. The number of hydrogen-bond donors (Lipinski definition) is 1. The predicted molar refractivity (Wildman–Crippen MR) is 113 cm³/mol. The van der Waals surface area contributed by atoms with Crippen LogP contribution in [0.2, 0.25) is 5.02 Å². The second-order valence-corrected chi connectivity index (χ2v) is 7.27. The molecule has 0 bridgehead atoms. The summed E-state index contributed by atoms with van der Waals surface area (Å²) in [6.45, 7) is 6.37. The van der Waals surface area contributed by atoms with Crippen molar-refractivity contribution in [2.75, 3.05) is 19.6 Å². The lowest BCUT2D eigenvalue weighted by Gasteiger charge is -2.22. The zero-order chi connectivity index (χ0) is 16.2. The molecular formula is C18H24BrCl3N2O. The smallest absolute Gasteiger partial charge is 0.135 e. The number of nitrogens with zero attached hydrogens (tertiary/aromatic N) is 1. The van der Waals surface area contributed by atoms with Crippen LogP contribution in [0.5, 0.6) is 0 Å². The minimum atomic E-state index is 0. The number of hydrogen-bond acceptors (Lipinski definition) is 3. The number of likely N-dealkylation sites (N-methyl/N-ethyl adjacent to an activating group) is 1. The summed E-state index contributed by atoms with van der Waals surface area (Å²) in [5, 5.41) is 4.21. The van der Waals surface area contributed by atoms with Gasteiger partial charge in [0, 0.05) is 22.6 Å². The second-order valence-electron chi connectivity index (χ2n) is 5.95. The van der Waals surface area contributed by atoms with Crippen molar-refractivity contribution in [3.63, 3.8) is 0 Å². The van der Waals surface area contributed by atoms with E-state index in [2.05, 4.69) is 33.1 Å². The third-order valence-corrected chi connectivity index (χ3v) is 5.25. The molecule has 3 nitrogen and oxygen atoms in total. The molecule has 7 heteroatoms. The predicted octanol–water partition coefficient (Wildman–Crippen LogP) is 5.78. The van der Waals surface area contributed by atoms with Crippen LogP contribution in [0.15, 0.2) is 39.2 Å². The molecule has 0 spiro atoms. The van der Waals surface area contributed by atoms with Crippen LogP contribution >= 0.6 is 52.3 Å². The van der Waals surface area contributed by atoms with Crippen molar-refractivity contribution in [3.8, 4) is 11.3 Å². The molecule has 25 heavy (non-hydrogen) atoms. The number of benzene rings is 1. The maximum Gasteiger partial charge on any atom is 0.135 e. The molecule has 1 atom stereocenters. The van der Waals surface area contributed by atoms with E-state index in [9.17, 15) is 0 Å². The molecular weight excluding hydrogens is 446 g/mol. The highest BCUT2D eigenvalue weighted by atomic mass is 79.9. The Morgan fingerprint density at radius 3 is 2.80 bits per heavy atom. The largest absolute Gasteiger partial charge is 0.460 e. The fraction of sp³-hybridized carbons (Fsp3) is 0.444. The normalized spacial score (nSPS) is 17.2. The van der Waals surface area contributed by atoms with Crippen molar-refractivity contribution >= 4 is 52.3 Å². The standard InChI is InChI=1S/C18H22BrClN2O.2ClH/c1-2-22-9-3-4-14(22)11-21-12-15-6-8-18(23-15)16-7-5-13(19)10-17(16)20;;/h5-8,10,14,21H,2-4,9,11-12H2,1H3;2*1H. The maximum atomic E-state index is 6.28. The summed E-state index contributed by atoms with van der Waals surface area (Å²) < 4.78 is 6.90. The molecule has 1 unspecified atom stereocenters. The molecule has 0 radical (unpaired) electrons. The van der Waals surface area contributed by atoms with E-state index in [0.717, 1.165) is 41.2 Å². The fourth-order valence-electron chi connectivity index (χ4n) is 3.21. The van der Waals surface area contributed by atoms with E-state index < -0.39 is 0 Å². The van der Waals surface area contributed by atoms with E-state index in [4.69, 9.17) is 16.0 Å². The van der Waals surface area contributed by atoms with E-state index in [1.807, 2.05) is 30.3 Å². The Bertz CT molecular complexity index is 666. The van der Waals surface area contributed by atoms with Gasteiger partial charge in [-0.25, -0.2) is 0 Å². The molecule has 1 aromatic heterocycles. The molecule has 2 heterocycles. The molecule has 2 aromatic rings. The summed E-state index contributed by atoms with van der Waals surface area (Å²) in [6.07, 6.45) is 2.60. The molecule has 1 fully saturated rings. The van der Waals surface area contributed by atoms with Crippen molar-refractivity contribution in [1.29, 1.82) is 0 Å². The highest BCUT2D eigenvalue weighted by molar-refractivity contribution is 9.10. The van der Waals surface area contributed by atoms with Gasteiger partial charge in [-0.1, -0.05) is 34.5 Å². The summed E-state index contributed by atoms with van der Waals surface area (Å²) in [6, 6.07) is 10.5. The van der Waals surface area contributed by atoms with E-state index in [-0.39, 0.29) is 24.8 Å². The average molecular weight is 471 g/mol. The van der Waals surface area contributed by atoms with Crippen LogP contribution in [0.4, 0.5) is 0 Å². The number of rotatable bonds is 6. The highest BCUT2D eigenvalue weighted by Crippen LogP contribution is 2.31. The minimum Gasteiger partial charge on any atom is -0.460 e. The topological polar surface area (TPSA) is 28.4 Å². The third-order valence-electron chi connectivity index (χ3n) is 4.44. The highest BCUT2D eigenvalue weighted by Gasteiger charge is 2.22. The van der Waals surface area contributed by atoms with Crippen LogP contribution < -0.4 is 5.32 Å². The maximum absolute atomic E-state index is 6.28. The van der Waals surface area contributed by atoms with E-state index in [1.165, 1.54) is 19.4 Å². The molecule has 1 aromatic carbocycles. The van der Waals surface area contributed by atoms with E-state index in [0.29, 0.717) is 11.1 Å². The Kier molecular flexibility index (Phi) is 9.86. The lowest BCUT2D eigenvalue weighted by molar-refractivity contribution is 0.258. The van der Waals surface area contributed by atoms with Gasteiger partial charge in [0.25, 0.3) is 0 Å². The lowest BCUT2D eigenvalue weighted by Crippen LogP contribution is -2.37. The van der Waals surface area contributed by atoms with Gasteiger partial charge in [0.15, 0.2) is 0 Å². The monoisotopic (exact) mass is 468 g/mol. The molecule has 0 amide bonds. The molecule has 1 N–H and O–H groups in total. The van der Waals surface area contributed by atoms with Crippen molar-refractivity contribution < 1.29 is 4.42 Å². The number of likely N-dealkylation sites (tertiary alicyclic amines) is 1. The van der Waals surface area contributed by atoms with Crippen LogP contribution in [0.25, 0.3) is 11.3 Å². The van der Waals surface area contributed by atoms with Crippen LogP contribution in [0.3, 0.4) is 0 Å². The first-order valence-corrected chi connectivity index (χ1v) is 9.33. The first-order valence-electron chi connectivity index (χ1n) is 8.16. The van der Waals surface area contributed by atoms with Crippen LogP contribution in [-0.4, -0.2) is 30.6 Å². The first kappa shape index (κ1) is 22.8. The van der Waals surface area contributed by atoms with Crippen molar-refractivity contribution in [2.24, 2.45) is 0 Å². The summed E-state index contributed by atoms with van der Waals surface area (Å²) >= 11 is 9.71. The summed E-state index contributed by atoms with van der Waals surface area (Å²) in [7, 11) is 0. The molecule has 1 aliphatic rings. The quantitative estimate of drug-likeness (QED) is 0.580. The van der Waals surface area contributed by atoms with E-state index >= 15 is 0 Å². The lowest BCUT2D eigenvalue weighted by atomic mass is 10.2. The van der Waals surface area contributed by atoms with Gasteiger partial charge in [-0.2, -0.15) is 0 Å². The Labute approximate surface area is 175 Å². The fourth-order valence-corrected chi connectivity index (χ4v) is 3.98. The minimum absolute atomic E-state index is 0. The van der Waals surface area contributed by atoms with Gasteiger partial charge in [-0.05, 0) is 56.3 Å². The zero-order valence-corrected chi connectivity index (χ0v) is 18.1. The summed E-state index contributed by atoms with van der Waals surface area (Å²) in [5.41, 5.74) is 0.925. The first-order chi connectivity index (χ1) is 11.2. The van der Waals surface area contributed by atoms with Gasteiger partial charge in [-0.15, -0.1) is 24.8 Å². The number of furan rings is 1. The second kappa shape index (κ2) is 10.8. The van der Waals surface area contributed by atoms with Gasteiger partial charge < -0.3 is 9.73 Å². The molecule has 140 valence electrons. The molecule has 1 aliphatic heterocycles. The molecule has 0 aliphatic carbocycles. The van der Waals surface area contributed by atoms with Crippen LogP contribution in [0, 0.1) is 0 Å². The average Bonchev–Trinajstić information content (AvgIpc) is 3.16. The van der Waals surface area contributed by atoms with Gasteiger partial charge in [-0.3, -0.25) is 4.90 Å².